The van der Waals surface area contributed by atoms with Crippen molar-refractivity contribution in [3.05, 3.63) is 24.0 Å². The second-order valence-electron chi connectivity index (χ2n) is 2.75. The summed E-state index contributed by atoms with van der Waals surface area (Å²) < 4.78 is 7.97. The van der Waals surface area contributed by atoms with Crippen LogP contribution in [0.1, 0.15) is 31.5 Å². The number of aromatic nitrogens is 2. The van der Waals surface area contributed by atoms with Gasteiger partial charge in [-0.05, 0) is 12.8 Å². The molecule has 1 aromatic rings. The topological polar surface area (TPSA) is 51.8 Å². The molecule has 0 aliphatic rings. The van der Waals surface area contributed by atoms with E-state index in [2.05, 4.69) is 22.2 Å². The summed E-state index contributed by atoms with van der Waals surface area (Å²) in [6.45, 7) is 5.98. The lowest BCUT2D eigenvalue weighted by Gasteiger charge is -2.08. The van der Waals surface area contributed by atoms with Crippen molar-refractivity contribution in [2.45, 2.75) is 25.8 Å². The van der Waals surface area contributed by atoms with Gasteiger partial charge in [0.15, 0.2) is 0 Å². The summed E-state index contributed by atoms with van der Waals surface area (Å²) in [6.07, 6.45) is 3.51. The van der Waals surface area contributed by atoms with Gasteiger partial charge >= 0.3 is 0 Å². The van der Waals surface area contributed by atoms with Crippen LogP contribution in [0.2, 0.25) is 0 Å². The van der Waals surface area contributed by atoms with Gasteiger partial charge in [-0.25, -0.2) is 0 Å². The van der Waals surface area contributed by atoms with Crippen molar-refractivity contribution in [2.75, 3.05) is 0 Å². The van der Waals surface area contributed by atoms with Crippen LogP contribution in [0.15, 0.2) is 18.3 Å². The first-order valence-electron chi connectivity index (χ1n) is 3.93. The van der Waals surface area contributed by atoms with Crippen molar-refractivity contribution in [1.82, 2.24) is 8.75 Å². The zero-order chi connectivity index (χ0) is 8.97. The highest BCUT2D eigenvalue weighted by atomic mass is 32.1. The van der Waals surface area contributed by atoms with E-state index >= 15 is 0 Å². The first kappa shape index (κ1) is 9.35. The molecule has 3 nitrogen and oxygen atoms in total. The molecule has 0 radical (unpaired) electrons. The Hall–Kier alpha value is -0.740. The van der Waals surface area contributed by atoms with Gasteiger partial charge in [0.05, 0.1) is 29.7 Å². The van der Waals surface area contributed by atoms with E-state index in [1.807, 2.05) is 0 Å². The molecule has 1 heterocycles. The third kappa shape index (κ3) is 2.39. The quantitative estimate of drug-likeness (QED) is 0.725. The maximum absolute atomic E-state index is 5.86. The molecule has 0 amide bonds. The average molecular weight is 183 g/mol. The number of nitrogens with zero attached hydrogens (tertiary/aromatic N) is 2. The second-order valence-corrected chi connectivity index (χ2v) is 3.30. The minimum Gasteiger partial charge on any atom is -0.322 e. The highest BCUT2D eigenvalue weighted by molar-refractivity contribution is 6.99. The third-order valence-electron chi connectivity index (χ3n) is 1.77. The van der Waals surface area contributed by atoms with Gasteiger partial charge in [0.2, 0.25) is 0 Å². The first-order valence-corrected chi connectivity index (χ1v) is 4.66. The fourth-order valence-corrected chi connectivity index (χ4v) is 1.37. The number of rotatable bonds is 4. The predicted octanol–water partition coefficient (Wildman–Crippen LogP) is 1.89. The Morgan fingerprint density at radius 2 is 2.58 bits per heavy atom. The SMILES string of the molecule is C=C(CC)CC(N)c1cnsn1. The highest BCUT2D eigenvalue weighted by Gasteiger charge is 2.09. The van der Waals surface area contributed by atoms with E-state index in [1.54, 1.807) is 6.20 Å². The summed E-state index contributed by atoms with van der Waals surface area (Å²) in [5, 5.41) is 0. The number of hydrogen-bond donors (Lipinski definition) is 1. The maximum Gasteiger partial charge on any atom is 0.0913 e. The Balaban J connectivity index is 2.49. The zero-order valence-electron chi connectivity index (χ0n) is 7.16. The van der Waals surface area contributed by atoms with Crippen LogP contribution in [0.5, 0.6) is 0 Å². The van der Waals surface area contributed by atoms with Crippen LogP contribution < -0.4 is 5.73 Å². The fraction of sp³-hybridized carbons (Fsp3) is 0.500. The largest absolute Gasteiger partial charge is 0.322 e. The summed E-state index contributed by atoms with van der Waals surface area (Å²) >= 11 is 1.19. The lowest BCUT2D eigenvalue weighted by atomic mass is 10.0. The van der Waals surface area contributed by atoms with Crippen LogP contribution in [-0.4, -0.2) is 8.75 Å². The van der Waals surface area contributed by atoms with Gasteiger partial charge in [0.25, 0.3) is 0 Å². The van der Waals surface area contributed by atoms with Crippen molar-refractivity contribution in [1.29, 1.82) is 0 Å². The van der Waals surface area contributed by atoms with E-state index in [0.29, 0.717) is 0 Å². The summed E-state index contributed by atoms with van der Waals surface area (Å²) in [7, 11) is 0. The molecule has 0 bridgehead atoms. The van der Waals surface area contributed by atoms with Crippen molar-refractivity contribution >= 4 is 11.7 Å². The first-order chi connectivity index (χ1) is 5.74. The molecule has 2 N–H and O–H groups in total. The van der Waals surface area contributed by atoms with Gasteiger partial charge in [-0.2, -0.15) is 8.75 Å². The van der Waals surface area contributed by atoms with Crippen LogP contribution in [0.25, 0.3) is 0 Å². The second kappa shape index (κ2) is 4.33. The molecule has 66 valence electrons. The summed E-state index contributed by atoms with van der Waals surface area (Å²) in [6, 6.07) is -0.0313. The standard InChI is InChI=1S/C8H13N3S/c1-3-6(2)4-7(9)8-5-10-12-11-8/h5,7H,2-4,9H2,1H3. The molecule has 4 heteroatoms. The van der Waals surface area contributed by atoms with Crippen molar-refractivity contribution < 1.29 is 0 Å². The van der Waals surface area contributed by atoms with Crippen LogP contribution in [0.4, 0.5) is 0 Å². The van der Waals surface area contributed by atoms with Crippen LogP contribution in [0.3, 0.4) is 0 Å². The summed E-state index contributed by atoms with van der Waals surface area (Å²) in [5.41, 5.74) is 7.89. The molecule has 1 aromatic heterocycles. The minimum absolute atomic E-state index is 0.0313. The molecule has 0 saturated heterocycles. The Bertz CT molecular complexity index is 243. The molecule has 0 spiro atoms. The molecule has 1 unspecified atom stereocenters. The predicted molar refractivity (Wildman–Crippen MR) is 50.9 cm³/mol. The fourth-order valence-electron chi connectivity index (χ4n) is 0.895. The van der Waals surface area contributed by atoms with Gasteiger partial charge in [-0.1, -0.05) is 19.1 Å². The van der Waals surface area contributed by atoms with Gasteiger partial charge < -0.3 is 5.73 Å². The molecule has 0 fully saturated rings. The van der Waals surface area contributed by atoms with Crippen LogP contribution in [-0.2, 0) is 0 Å². The molecule has 0 aliphatic carbocycles. The van der Waals surface area contributed by atoms with Crippen LogP contribution >= 0.6 is 11.7 Å². The van der Waals surface area contributed by atoms with Crippen molar-refractivity contribution in [3.8, 4) is 0 Å². The van der Waals surface area contributed by atoms with E-state index in [0.717, 1.165) is 24.1 Å². The highest BCUT2D eigenvalue weighted by Crippen LogP contribution is 2.17. The Labute approximate surface area is 76.6 Å². The van der Waals surface area contributed by atoms with Gasteiger partial charge in [0.1, 0.15) is 0 Å². The molecule has 0 aliphatic heterocycles. The van der Waals surface area contributed by atoms with E-state index in [4.69, 9.17) is 5.73 Å². The normalized spacial score (nSPS) is 12.8. The van der Waals surface area contributed by atoms with E-state index in [-0.39, 0.29) is 6.04 Å². The molecular formula is C8H13N3S. The van der Waals surface area contributed by atoms with E-state index in [9.17, 15) is 0 Å². The maximum atomic E-state index is 5.86. The van der Waals surface area contributed by atoms with Gasteiger partial charge in [0, 0.05) is 0 Å². The summed E-state index contributed by atoms with van der Waals surface area (Å²) in [5.74, 6) is 0. The van der Waals surface area contributed by atoms with Gasteiger partial charge in [-0.3, -0.25) is 0 Å². The average Bonchev–Trinajstić information content (AvgIpc) is 2.56. The number of nitrogens with two attached hydrogens (primary N) is 1. The zero-order valence-corrected chi connectivity index (χ0v) is 7.97. The van der Waals surface area contributed by atoms with E-state index < -0.39 is 0 Å². The molecular weight excluding hydrogens is 170 g/mol. The van der Waals surface area contributed by atoms with Gasteiger partial charge in [-0.15, -0.1) is 0 Å². The molecule has 0 saturated carbocycles. The molecule has 1 rings (SSSR count). The van der Waals surface area contributed by atoms with Crippen molar-refractivity contribution in [2.24, 2.45) is 5.73 Å². The number of hydrogen-bond acceptors (Lipinski definition) is 4. The smallest absolute Gasteiger partial charge is 0.0913 e. The molecule has 1 atom stereocenters. The van der Waals surface area contributed by atoms with Crippen LogP contribution in [0, 0.1) is 0 Å². The Morgan fingerprint density at radius 1 is 1.83 bits per heavy atom. The van der Waals surface area contributed by atoms with E-state index in [1.165, 1.54) is 11.7 Å². The lowest BCUT2D eigenvalue weighted by Crippen LogP contribution is -2.10. The summed E-state index contributed by atoms with van der Waals surface area (Å²) in [4.78, 5) is 0. The Kier molecular flexibility index (Phi) is 3.37. The molecule has 0 aromatic carbocycles. The minimum atomic E-state index is -0.0313. The lowest BCUT2D eigenvalue weighted by molar-refractivity contribution is 0.686. The Morgan fingerprint density at radius 3 is 3.08 bits per heavy atom. The molecule has 12 heavy (non-hydrogen) atoms. The van der Waals surface area contributed by atoms with Crippen molar-refractivity contribution in [3.63, 3.8) is 0 Å². The third-order valence-corrected chi connectivity index (χ3v) is 2.26. The monoisotopic (exact) mass is 183 g/mol.